The normalized spacial score (nSPS) is 9.80. The minimum absolute atomic E-state index is 0.0260. The molecule has 1 aromatic carbocycles. The molecule has 0 fully saturated rings. The molecule has 0 bridgehead atoms. The smallest absolute Gasteiger partial charge is 0.312 e. The minimum Gasteiger partial charge on any atom is -0.419 e. The summed E-state index contributed by atoms with van der Waals surface area (Å²) in [5.41, 5.74) is 1.16. The molecule has 0 radical (unpaired) electrons. The Morgan fingerprint density at radius 3 is 2.47 bits per heavy atom. The fourth-order valence-corrected chi connectivity index (χ4v) is 1.34. The van der Waals surface area contributed by atoms with Gasteiger partial charge in [-0.2, -0.15) is 0 Å². The number of nitro groups is 1. The number of esters is 1. The number of carbonyl (C=O) groups excluding carboxylic acids is 1. The van der Waals surface area contributed by atoms with Crippen molar-refractivity contribution in [2.24, 2.45) is 0 Å². The van der Waals surface area contributed by atoms with Crippen LogP contribution in [-0.4, -0.2) is 10.9 Å². The quantitative estimate of drug-likeness (QED) is 0.324. The summed E-state index contributed by atoms with van der Waals surface area (Å²) < 4.78 is 4.81. The van der Waals surface area contributed by atoms with E-state index in [4.69, 9.17) is 4.74 Å². The molecular formula is C10H11NO4. The van der Waals surface area contributed by atoms with E-state index in [1.807, 2.05) is 0 Å². The van der Waals surface area contributed by atoms with Gasteiger partial charge in [-0.3, -0.25) is 14.9 Å². The number of rotatable bonds is 2. The Kier molecular flexibility index (Phi) is 3.04. The highest BCUT2D eigenvalue weighted by Crippen LogP contribution is 2.31. The molecule has 0 spiro atoms. The van der Waals surface area contributed by atoms with Gasteiger partial charge in [0.05, 0.1) is 4.92 Å². The van der Waals surface area contributed by atoms with E-state index in [1.165, 1.54) is 13.0 Å². The molecule has 1 aromatic rings. The number of benzene rings is 1. The maximum absolute atomic E-state index is 10.8. The van der Waals surface area contributed by atoms with Crippen molar-refractivity contribution < 1.29 is 14.5 Å². The molecule has 1 rings (SSSR count). The molecule has 0 amide bonds. The first kappa shape index (κ1) is 11.2. The largest absolute Gasteiger partial charge is 0.419 e. The summed E-state index contributed by atoms with van der Waals surface area (Å²) in [4.78, 5) is 20.9. The molecule has 80 valence electrons. The highest BCUT2D eigenvalue weighted by atomic mass is 16.6. The fraction of sp³-hybridized carbons (Fsp3) is 0.300. The SMILES string of the molecule is CC(=O)Oc1c(C)cc(C)cc1[N+](=O)[O-]. The maximum atomic E-state index is 10.8. The summed E-state index contributed by atoms with van der Waals surface area (Å²) in [5, 5.41) is 10.7. The van der Waals surface area contributed by atoms with Crippen LogP contribution in [0.3, 0.4) is 0 Å². The van der Waals surface area contributed by atoms with Crippen LogP contribution in [0.2, 0.25) is 0 Å². The molecule has 0 N–H and O–H groups in total. The van der Waals surface area contributed by atoms with Gasteiger partial charge in [0.15, 0.2) is 0 Å². The van der Waals surface area contributed by atoms with Crippen LogP contribution in [0.5, 0.6) is 5.75 Å². The van der Waals surface area contributed by atoms with Crippen molar-refractivity contribution in [1.82, 2.24) is 0 Å². The van der Waals surface area contributed by atoms with E-state index < -0.39 is 10.9 Å². The molecule has 15 heavy (non-hydrogen) atoms. The Labute approximate surface area is 86.8 Å². The van der Waals surface area contributed by atoms with Crippen LogP contribution in [0, 0.1) is 24.0 Å². The third kappa shape index (κ3) is 2.52. The average molecular weight is 209 g/mol. The first-order valence-electron chi connectivity index (χ1n) is 4.36. The minimum atomic E-state index is -0.565. The van der Waals surface area contributed by atoms with Gasteiger partial charge in [-0.25, -0.2) is 0 Å². The Morgan fingerprint density at radius 1 is 1.40 bits per heavy atom. The number of nitro benzene ring substituents is 1. The monoisotopic (exact) mass is 209 g/mol. The second-order valence-electron chi connectivity index (χ2n) is 3.28. The van der Waals surface area contributed by atoms with Crippen LogP contribution < -0.4 is 4.74 Å². The Morgan fingerprint density at radius 2 is 2.00 bits per heavy atom. The van der Waals surface area contributed by atoms with Crippen molar-refractivity contribution in [3.05, 3.63) is 33.4 Å². The Balaban J connectivity index is 3.33. The molecule has 0 aliphatic rings. The first-order chi connectivity index (χ1) is 6.91. The van der Waals surface area contributed by atoms with E-state index in [1.54, 1.807) is 19.9 Å². The average Bonchev–Trinajstić information content (AvgIpc) is 2.08. The van der Waals surface area contributed by atoms with Gasteiger partial charge in [0, 0.05) is 13.0 Å². The molecule has 5 heteroatoms. The van der Waals surface area contributed by atoms with Crippen LogP contribution in [0.1, 0.15) is 18.1 Å². The van der Waals surface area contributed by atoms with E-state index in [0.717, 1.165) is 5.56 Å². The van der Waals surface area contributed by atoms with Gasteiger partial charge in [0.1, 0.15) is 0 Å². The van der Waals surface area contributed by atoms with Crippen molar-refractivity contribution in [1.29, 1.82) is 0 Å². The summed E-state index contributed by atoms with van der Waals surface area (Å²) in [7, 11) is 0. The zero-order valence-electron chi connectivity index (χ0n) is 8.73. The van der Waals surface area contributed by atoms with E-state index in [-0.39, 0.29) is 11.4 Å². The predicted octanol–water partition coefficient (Wildman–Crippen LogP) is 2.14. The van der Waals surface area contributed by atoms with Crippen molar-refractivity contribution >= 4 is 11.7 Å². The molecule has 0 unspecified atom stereocenters. The number of hydrogen-bond donors (Lipinski definition) is 0. The predicted molar refractivity (Wildman–Crippen MR) is 53.9 cm³/mol. The molecule has 5 nitrogen and oxygen atoms in total. The van der Waals surface area contributed by atoms with Crippen molar-refractivity contribution in [3.8, 4) is 5.75 Å². The second kappa shape index (κ2) is 4.08. The summed E-state index contributed by atoms with van der Waals surface area (Å²) in [6, 6.07) is 3.11. The number of ether oxygens (including phenoxy) is 1. The second-order valence-corrected chi connectivity index (χ2v) is 3.28. The van der Waals surface area contributed by atoms with E-state index in [0.29, 0.717) is 5.56 Å². The molecule has 0 atom stereocenters. The van der Waals surface area contributed by atoms with Gasteiger partial charge in [-0.05, 0) is 25.0 Å². The van der Waals surface area contributed by atoms with Crippen molar-refractivity contribution in [2.45, 2.75) is 20.8 Å². The lowest BCUT2D eigenvalue weighted by molar-refractivity contribution is -0.385. The molecule has 0 heterocycles. The lowest BCUT2D eigenvalue weighted by atomic mass is 10.1. The third-order valence-electron chi connectivity index (χ3n) is 1.84. The van der Waals surface area contributed by atoms with Gasteiger partial charge in [0.25, 0.3) is 0 Å². The van der Waals surface area contributed by atoms with E-state index in [9.17, 15) is 14.9 Å². The van der Waals surface area contributed by atoms with Gasteiger partial charge >= 0.3 is 11.7 Å². The van der Waals surface area contributed by atoms with E-state index in [2.05, 4.69) is 0 Å². The topological polar surface area (TPSA) is 69.4 Å². The van der Waals surface area contributed by atoms with Crippen molar-refractivity contribution in [2.75, 3.05) is 0 Å². The highest BCUT2D eigenvalue weighted by molar-refractivity contribution is 5.72. The van der Waals surface area contributed by atoms with Crippen molar-refractivity contribution in [3.63, 3.8) is 0 Å². The number of carbonyl (C=O) groups is 1. The summed E-state index contributed by atoms with van der Waals surface area (Å²) >= 11 is 0. The van der Waals surface area contributed by atoms with Gasteiger partial charge in [-0.15, -0.1) is 0 Å². The Bertz CT molecular complexity index is 426. The van der Waals surface area contributed by atoms with Crippen LogP contribution >= 0.6 is 0 Å². The molecule has 0 saturated heterocycles. The van der Waals surface area contributed by atoms with Gasteiger partial charge in [0.2, 0.25) is 5.75 Å². The number of nitrogens with zero attached hydrogens (tertiary/aromatic N) is 1. The van der Waals surface area contributed by atoms with Crippen LogP contribution in [0.4, 0.5) is 5.69 Å². The van der Waals surface area contributed by atoms with Gasteiger partial charge in [-0.1, -0.05) is 6.07 Å². The highest BCUT2D eigenvalue weighted by Gasteiger charge is 2.19. The first-order valence-corrected chi connectivity index (χ1v) is 4.36. The third-order valence-corrected chi connectivity index (χ3v) is 1.84. The number of aryl methyl sites for hydroxylation is 2. The summed E-state index contributed by atoms with van der Waals surface area (Å²) in [5.74, 6) is -0.539. The standard InChI is InChI=1S/C10H11NO4/c1-6-4-7(2)10(15-8(3)12)9(5-6)11(13)14/h4-5H,1-3H3. The van der Waals surface area contributed by atoms with Crippen LogP contribution in [-0.2, 0) is 4.79 Å². The molecule has 0 aromatic heterocycles. The maximum Gasteiger partial charge on any atom is 0.312 e. The Hall–Kier alpha value is -1.91. The van der Waals surface area contributed by atoms with Gasteiger partial charge < -0.3 is 4.74 Å². The summed E-state index contributed by atoms with van der Waals surface area (Å²) in [6.07, 6.45) is 0. The zero-order valence-corrected chi connectivity index (χ0v) is 8.73. The molecule has 0 saturated carbocycles. The summed E-state index contributed by atoms with van der Waals surface area (Å²) in [6.45, 7) is 4.62. The molecular weight excluding hydrogens is 198 g/mol. The van der Waals surface area contributed by atoms with E-state index >= 15 is 0 Å². The van der Waals surface area contributed by atoms with Crippen LogP contribution in [0.15, 0.2) is 12.1 Å². The number of hydrogen-bond acceptors (Lipinski definition) is 4. The zero-order chi connectivity index (χ0) is 11.6. The fourth-order valence-electron chi connectivity index (χ4n) is 1.34. The molecule has 0 aliphatic carbocycles. The van der Waals surface area contributed by atoms with Crippen LogP contribution in [0.25, 0.3) is 0 Å². The lowest BCUT2D eigenvalue weighted by Crippen LogP contribution is -2.06. The molecule has 0 aliphatic heterocycles. The lowest BCUT2D eigenvalue weighted by Gasteiger charge is -2.06.